The quantitative estimate of drug-likeness (QED) is 0.709. The first-order chi connectivity index (χ1) is 13.3. The molecule has 3 atom stereocenters. The van der Waals surface area contributed by atoms with Gasteiger partial charge in [0.15, 0.2) is 0 Å². The van der Waals surface area contributed by atoms with Gasteiger partial charge in [-0.15, -0.1) is 0 Å². The Balaban J connectivity index is 1.93. The standard InChI is InChI=1S/C21H22Cl2FNO3/c1-21(25-20(27)7-8-26)11-18(13-3-2-4-15(22)9-13)28-19(12-21)14-5-6-16(23)17(24)10-14/h2-6,9-10,18-19,26H,7-8,11-12H2,1H3,(H,25,27)/t18-,19+,21+/m0/s1. The summed E-state index contributed by atoms with van der Waals surface area (Å²) in [6, 6.07) is 12.0. The lowest BCUT2D eigenvalue weighted by Crippen LogP contribution is -2.51. The van der Waals surface area contributed by atoms with E-state index in [2.05, 4.69) is 5.32 Å². The lowest BCUT2D eigenvalue weighted by molar-refractivity contribution is -0.129. The number of hydrogen-bond acceptors (Lipinski definition) is 3. The first kappa shape index (κ1) is 21.1. The van der Waals surface area contributed by atoms with Crippen molar-refractivity contribution in [1.29, 1.82) is 0 Å². The molecule has 0 unspecified atom stereocenters. The van der Waals surface area contributed by atoms with E-state index in [0.29, 0.717) is 23.4 Å². The fraction of sp³-hybridized carbons (Fsp3) is 0.381. The molecule has 1 heterocycles. The second-order valence-electron chi connectivity index (χ2n) is 7.33. The van der Waals surface area contributed by atoms with Crippen molar-refractivity contribution in [3.8, 4) is 0 Å². The topological polar surface area (TPSA) is 58.6 Å². The van der Waals surface area contributed by atoms with Crippen LogP contribution in [0.3, 0.4) is 0 Å². The van der Waals surface area contributed by atoms with Crippen molar-refractivity contribution in [2.45, 2.75) is 43.9 Å². The van der Waals surface area contributed by atoms with Crippen molar-refractivity contribution in [2.24, 2.45) is 0 Å². The summed E-state index contributed by atoms with van der Waals surface area (Å²) < 4.78 is 20.3. The summed E-state index contributed by atoms with van der Waals surface area (Å²) in [5, 5.41) is 12.7. The van der Waals surface area contributed by atoms with Crippen LogP contribution in [0.2, 0.25) is 10.0 Å². The average molecular weight is 426 g/mol. The second kappa shape index (κ2) is 8.78. The highest BCUT2D eigenvalue weighted by Gasteiger charge is 2.40. The molecule has 0 aromatic heterocycles. The Labute approximate surface area is 173 Å². The molecular weight excluding hydrogens is 404 g/mol. The van der Waals surface area contributed by atoms with E-state index >= 15 is 0 Å². The largest absolute Gasteiger partial charge is 0.396 e. The maximum atomic E-state index is 14.0. The van der Waals surface area contributed by atoms with E-state index in [1.807, 2.05) is 25.1 Å². The third-order valence-electron chi connectivity index (χ3n) is 4.92. The molecule has 0 aliphatic carbocycles. The number of aliphatic hydroxyl groups excluding tert-OH is 1. The number of carbonyl (C=O) groups excluding carboxylic acids is 1. The third kappa shape index (κ3) is 5.03. The number of nitrogens with one attached hydrogen (secondary N) is 1. The molecule has 1 saturated heterocycles. The van der Waals surface area contributed by atoms with Crippen LogP contribution in [0.1, 0.15) is 49.5 Å². The minimum atomic E-state index is -0.599. The molecule has 4 nitrogen and oxygen atoms in total. The van der Waals surface area contributed by atoms with Gasteiger partial charge in [0.05, 0.1) is 23.8 Å². The number of aliphatic hydroxyl groups is 1. The molecule has 7 heteroatoms. The molecule has 2 N–H and O–H groups in total. The van der Waals surface area contributed by atoms with Crippen molar-refractivity contribution >= 4 is 29.1 Å². The van der Waals surface area contributed by atoms with Gasteiger partial charge in [0, 0.05) is 29.8 Å². The van der Waals surface area contributed by atoms with Gasteiger partial charge in [0.2, 0.25) is 5.91 Å². The Bertz CT molecular complexity index is 863. The lowest BCUT2D eigenvalue weighted by Gasteiger charge is -2.43. The molecule has 28 heavy (non-hydrogen) atoms. The molecule has 0 saturated carbocycles. The number of ether oxygens (including phenoxy) is 1. The molecule has 0 radical (unpaired) electrons. The van der Waals surface area contributed by atoms with Crippen molar-refractivity contribution in [3.05, 3.63) is 69.5 Å². The Morgan fingerprint density at radius 3 is 2.50 bits per heavy atom. The van der Waals surface area contributed by atoms with Gasteiger partial charge in [-0.05, 0) is 42.3 Å². The number of rotatable bonds is 5. The first-order valence-electron chi connectivity index (χ1n) is 9.07. The molecule has 2 aromatic carbocycles. The van der Waals surface area contributed by atoms with Crippen LogP contribution in [-0.4, -0.2) is 23.2 Å². The summed E-state index contributed by atoms with van der Waals surface area (Å²) in [4.78, 5) is 12.1. The maximum absolute atomic E-state index is 14.0. The smallest absolute Gasteiger partial charge is 0.222 e. The van der Waals surface area contributed by atoms with Gasteiger partial charge in [0.25, 0.3) is 0 Å². The lowest BCUT2D eigenvalue weighted by atomic mass is 9.81. The van der Waals surface area contributed by atoms with Gasteiger partial charge in [-0.2, -0.15) is 0 Å². The van der Waals surface area contributed by atoms with E-state index in [4.69, 9.17) is 33.0 Å². The Morgan fingerprint density at radius 2 is 1.89 bits per heavy atom. The highest BCUT2D eigenvalue weighted by molar-refractivity contribution is 6.31. The third-order valence-corrected chi connectivity index (χ3v) is 5.46. The van der Waals surface area contributed by atoms with Gasteiger partial charge in [-0.1, -0.05) is 41.4 Å². The van der Waals surface area contributed by atoms with Crippen LogP contribution in [0.4, 0.5) is 4.39 Å². The summed E-state index contributed by atoms with van der Waals surface area (Å²) in [7, 11) is 0. The zero-order valence-electron chi connectivity index (χ0n) is 15.4. The Morgan fingerprint density at radius 1 is 1.21 bits per heavy atom. The van der Waals surface area contributed by atoms with E-state index in [1.54, 1.807) is 12.1 Å². The minimum absolute atomic E-state index is 0.0263. The first-order valence-corrected chi connectivity index (χ1v) is 9.83. The van der Waals surface area contributed by atoms with E-state index in [0.717, 1.165) is 5.56 Å². The summed E-state index contributed by atoms with van der Waals surface area (Å²) >= 11 is 11.9. The zero-order valence-corrected chi connectivity index (χ0v) is 16.9. The molecule has 1 aliphatic heterocycles. The summed E-state index contributed by atoms with van der Waals surface area (Å²) in [5.41, 5.74) is 0.934. The van der Waals surface area contributed by atoms with E-state index < -0.39 is 17.5 Å². The highest BCUT2D eigenvalue weighted by Crippen LogP contribution is 2.44. The number of hydrogen-bond donors (Lipinski definition) is 2. The van der Waals surface area contributed by atoms with Gasteiger partial charge >= 0.3 is 0 Å². The maximum Gasteiger partial charge on any atom is 0.222 e. The predicted octanol–water partition coefficient (Wildman–Crippen LogP) is 4.98. The normalized spacial score (nSPS) is 24.8. The van der Waals surface area contributed by atoms with Crippen LogP contribution in [0.15, 0.2) is 42.5 Å². The van der Waals surface area contributed by atoms with E-state index in [9.17, 15) is 9.18 Å². The molecule has 150 valence electrons. The van der Waals surface area contributed by atoms with Gasteiger partial charge in [-0.3, -0.25) is 4.79 Å². The average Bonchev–Trinajstić information content (AvgIpc) is 2.63. The van der Waals surface area contributed by atoms with Crippen molar-refractivity contribution in [3.63, 3.8) is 0 Å². The fourth-order valence-corrected chi connectivity index (χ4v) is 3.93. The van der Waals surface area contributed by atoms with Crippen LogP contribution >= 0.6 is 23.2 Å². The van der Waals surface area contributed by atoms with Crippen LogP contribution in [0.25, 0.3) is 0 Å². The molecule has 1 amide bonds. The second-order valence-corrected chi connectivity index (χ2v) is 8.18. The number of benzene rings is 2. The molecule has 0 bridgehead atoms. The molecule has 0 spiro atoms. The number of carbonyl (C=O) groups is 1. The fourth-order valence-electron chi connectivity index (χ4n) is 3.61. The highest BCUT2D eigenvalue weighted by atomic mass is 35.5. The van der Waals surface area contributed by atoms with E-state index in [1.165, 1.54) is 12.1 Å². The van der Waals surface area contributed by atoms with Crippen LogP contribution in [-0.2, 0) is 9.53 Å². The zero-order chi connectivity index (χ0) is 20.3. The summed E-state index contributed by atoms with van der Waals surface area (Å²) in [6.07, 6.45) is 0.234. The Hall–Kier alpha value is -1.66. The van der Waals surface area contributed by atoms with Crippen molar-refractivity contribution < 1.29 is 19.0 Å². The van der Waals surface area contributed by atoms with Crippen LogP contribution < -0.4 is 5.32 Å². The van der Waals surface area contributed by atoms with E-state index in [-0.39, 0.29) is 30.1 Å². The Kier molecular flexibility index (Phi) is 6.61. The number of amides is 1. The minimum Gasteiger partial charge on any atom is -0.396 e. The molecule has 1 fully saturated rings. The molecule has 2 aromatic rings. The summed E-state index contributed by atoms with van der Waals surface area (Å²) in [5.74, 6) is -0.753. The molecule has 3 rings (SSSR count). The van der Waals surface area contributed by atoms with Crippen molar-refractivity contribution in [1.82, 2.24) is 5.32 Å². The monoisotopic (exact) mass is 425 g/mol. The summed E-state index contributed by atoms with van der Waals surface area (Å²) in [6.45, 7) is 1.71. The van der Waals surface area contributed by atoms with Gasteiger partial charge < -0.3 is 15.2 Å². The van der Waals surface area contributed by atoms with Crippen LogP contribution in [0.5, 0.6) is 0 Å². The predicted molar refractivity (Wildman–Crippen MR) is 107 cm³/mol. The van der Waals surface area contributed by atoms with Gasteiger partial charge in [-0.25, -0.2) is 4.39 Å². The molecular formula is C21H22Cl2FNO3. The number of halogens is 3. The van der Waals surface area contributed by atoms with Crippen molar-refractivity contribution in [2.75, 3.05) is 6.61 Å². The van der Waals surface area contributed by atoms with Crippen LogP contribution in [0, 0.1) is 5.82 Å². The van der Waals surface area contributed by atoms with Gasteiger partial charge in [0.1, 0.15) is 5.82 Å². The SMILES string of the molecule is C[C@@]1(NC(=O)CCO)C[C@@H](c2cccc(Cl)c2)O[C@@H](c2ccc(Cl)c(F)c2)C1. The molecule has 1 aliphatic rings.